The topological polar surface area (TPSA) is 43.8 Å². The van der Waals surface area contributed by atoms with E-state index < -0.39 is 0 Å². The third kappa shape index (κ3) is 2.42. The highest BCUT2D eigenvalue weighted by atomic mass is 127. The average molecular weight is 464 g/mol. The molecule has 0 saturated heterocycles. The molecule has 0 amide bonds. The standard InChI is InChI=1S/C14H9BrF2IN3/c1-6-2-8(16)7(15)3-12(6)21-13-4-9(17)10(18)5-11(13)20-14(21)19/h2-5H,1H3,(H2,19,20). The van der Waals surface area contributed by atoms with Crippen LogP contribution in [0.15, 0.2) is 28.7 Å². The van der Waals surface area contributed by atoms with Crippen molar-refractivity contribution in [3.05, 3.63) is 49.5 Å². The SMILES string of the molecule is Cc1cc(F)c(Br)cc1-n1c(N)nc2cc(I)c(F)cc21. The van der Waals surface area contributed by atoms with Crippen LogP contribution in [0, 0.1) is 22.1 Å². The zero-order valence-electron chi connectivity index (χ0n) is 10.8. The number of nitrogens with two attached hydrogens (primary N) is 1. The van der Waals surface area contributed by atoms with Gasteiger partial charge in [-0.2, -0.15) is 0 Å². The van der Waals surface area contributed by atoms with E-state index in [-0.39, 0.29) is 17.6 Å². The number of nitrogens with zero attached hydrogens (tertiary/aromatic N) is 2. The Bertz CT molecular complexity index is 877. The molecule has 0 atom stereocenters. The molecule has 7 heteroatoms. The molecule has 1 heterocycles. The van der Waals surface area contributed by atoms with Crippen molar-refractivity contribution < 1.29 is 8.78 Å². The van der Waals surface area contributed by atoms with Crippen LogP contribution in [0.4, 0.5) is 14.7 Å². The fourth-order valence-electron chi connectivity index (χ4n) is 2.22. The van der Waals surface area contributed by atoms with Crippen molar-refractivity contribution in [2.45, 2.75) is 6.92 Å². The normalized spacial score (nSPS) is 11.3. The monoisotopic (exact) mass is 463 g/mol. The van der Waals surface area contributed by atoms with Crippen LogP contribution in [0.2, 0.25) is 0 Å². The first-order valence-corrected chi connectivity index (χ1v) is 7.84. The highest BCUT2D eigenvalue weighted by molar-refractivity contribution is 14.1. The molecule has 3 nitrogen and oxygen atoms in total. The summed E-state index contributed by atoms with van der Waals surface area (Å²) >= 11 is 5.06. The van der Waals surface area contributed by atoms with Gasteiger partial charge in [0.15, 0.2) is 0 Å². The lowest BCUT2D eigenvalue weighted by molar-refractivity contribution is 0.618. The summed E-state index contributed by atoms with van der Waals surface area (Å²) in [5.41, 5.74) is 8.44. The Morgan fingerprint density at radius 1 is 1.19 bits per heavy atom. The zero-order chi connectivity index (χ0) is 15.3. The first-order chi connectivity index (χ1) is 9.88. The van der Waals surface area contributed by atoms with Crippen LogP contribution < -0.4 is 5.73 Å². The Morgan fingerprint density at radius 3 is 2.62 bits per heavy atom. The fraction of sp³-hybridized carbons (Fsp3) is 0.0714. The van der Waals surface area contributed by atoms with E-state index in [1.165, 1.54) is 12.1 Å². The van der Waals surface area contributed by atoms with Crippen molar-refractivity contribution in [2.24, 2.45) is 0 Å². The van der Waals surface area contributed by atoms with Gasteiger partial charge in [0.2, 0.25) is 5.95 Å². The second-order valence-electron chi connectivity index (χ2n) is 4.61. The summed E-state index contributed by atoms with van der Waals surface area (Å²) in [4.78, 5) is 4.24. The van der Waals surface area contributed by atoms with E-state index in [9.17, 15) is 8.78 Å². The van der Waals surface area contributed by atoms with Gasteiger partial charge in [-0.05, 0) is 69.2 Å². The minimum absolute atomic E-state index is 0.230. The quantitative estimate of drug-likeness (QED) is 0.537. The molecular weight excluding hydrogens is 455 g/mol. The van der Waals surface area contributed by atoms with Crippen molar-refractivity contribution in [2.75, 3.05) is 5.73 Å². The maximum Gasteiger partial charge on any atom is 0.205 e. The van der Waals surface area contributed by atoms with Crippen LogP contribution in [0.3, 0.4) is 0 Å². The highest BCUT2D eigenvalue weighted by Crippen LogP contribution is 2.30. The van der Waals surface area contributed by atoms with Gasteiger partial charge in [0, 0.05) is 6.07 Å². The molecule has 0 radical (unpaired) electrons. The van der Waals surface area contributed by atoms with Crippen molar-refractivity contribution in [3.63, 3.8) is 0 Å². The molecule has 0 fully saturated rings. The van der Waals surface area contributed by atoms with Gasteiger partial charge < -0.3 is 5.73 Å². The lowest BCUT2D eigenvalue weighted by Gasteiger charge is -2.11. The van der Waals surface area contributed by atoms with E-state index in [1.807, 2.05) is 22.6 Å². The molecule has 0 bridgehead atoms. The molecule has 0 saturated carbocycles. The molecule has 3 aromatic rings. The number of rotatable bonds is 1. The third-order valence-electron chi connectivity index (χ3n) is 3.20. The van der Waals surface area contributed by atoms with Gasteiger partial charge in [0.05, 0.1) is 24.8 Å². The molecule has 0 aliphatic carbocycles. The van der Waals surface area contributed by atoms with E-state index in [4.69, 9.17) is 5.73 Å². The fourth-order valence-corrected chi connectivity index (χ4v) is 3.00. The number of hydrogen-bond donors (Lipinski definition) is 1. The van der Waals surface area contributed by atoms with Gasteiger partial charge in [-0.3, -0.25) is 4.57 Å². The Hall–Kier alpha value is -1.22. The second kappa shape index (κ2) is 5.20. The molecule has 0 aliphatic rings. The number of fused-ring (bicyclic) bond motifs is 1. The maximum absolute atomic E-state index is 13.8. The molecule has 1 aromatic heterocycles. The number of nitrogen functional groups attached to an aromatic ring is 1. The Morgan fingerprint density at radius 2 is 1.90 bits per heavy atom. The van der Waals surface area contributed by atoms with Gasteiger partial charge in [-0.15, -0.1) is 0 Å². The van der Waals surface area contributed by atoms with Crippen LogP contribution in [-0.4, -0.2) is 9.55 Å². The molecule has 108 valence electrons. The molecule has 0 aliphatic heterocycles. The lowest BCUT2D eigenvalue weighted by atomic mass is 10.2. The Balaban J connectivity index is 2.37. The van der Waals surface area contributed by atoms with Crippen LogP contribution in [-0.2, 0) is 0 Å². The summed E-state index contributed by atoms with van der Waals surface area (Å²) in [7, 11) is 0. The highest BCUT2D eigenvalue weighted by Gasteiger charge is 2.16. The molecule has 2 aromatic carbocycles. The Labute approximate surface area is 141 Å². The van der Waals surface area contributed by atoms with Crippen molar-refractivity contribution in [3.8, 4) is 5.69 Å². The minimum Gasteiger partial charge on any atom is -0.369 e. The van der Waals surface area contributed by atoms with Crippen LogP contribution >= 0.6 is 38.5 Å². The van der Waals surface area contributed by atoms with E-state index in [0.717, 1.165) is 0 Å². The number of imidazole rings is 1. The number of benzene rings is 2. The van der Waals surface area contributed by atoms with E-state index in [1.54, 1.807) is 23.6 Å². The molecule has 3 rings (SSSR count). The zero-order valence-corrected chi connectivity index (χ0v) is 14.5. The van der Waals surface area contributed by atoms with E-state index in [0.29, 0.717) is 30.3 Å². The summed E-state index contributed by atoms with van der Waals surface area (Å²) in [5, 5.41) is 0. The van der Waals surface area contributed by atoms with Crippen molar-refractivity contribution in [1.29, 1.82) is 0 Å². The van der Waals surface area contributed by atoms with Crippen LogP contribution in [0.5, 0.6) is 0 Å². The number of anilines is 1. The first kappa shape index (κ1) is 14.7. The summed E-state index contributed by atoms with van der Waals surface area (Å²) in [5.74, 6) is -0.476. The third-order valence-corrected chi connectivity index (χ3v) is 4.64. The molecule has 2 N–H and O–H groups in total. The van der Waals surface area contributed by atoms with E-state index >= 15 is 0 Å². The number of aryl methyl sites for hydroxylation is 1. The molecular formula is C14H9BrF2IN3. The summed E-state index contributed by atoms with van der Waals surface area (Å²) in [6.07, 6.45) is 0. The van der Waals surface area contributed by atoms with Gasteiger partial charge in [0.25, 0.3) is 0 Å². The van der Waals surface area contributed by atoms with Gasteiger partial charge in [-0.25, -0.2) is 13.8 Å². The maximum atomic E-state index is 13.8. The van der Waals surface area contributed by atoms with E-state index in [2.05, 4.69) is 20.9 Å². The smallest absolute Gasteiger partial charge is 0.205 e. The lowest BCUT2D eigenvalue weighted by Crippen LogP contribution is -2.03. The van der Waals surface area contributed by atoms with Gasteiger partial charge in [-0.1, -0.05) is 0 Å². The Kier molecular flexibility index (Phi) is 3.64. The molecule has 0 unspecified atom stereocenters. The first-order valence-electron chi connectivity index (χ1n) is 5.97. The molecule has 21 heavy (non-hydrogen) atoms. The van der Waals surface area contributed by atoms with Gasteiger partial charge >= 0.3 is 0 Å². The number of halogens is 4. The number of aromatic nitrogens is 2. The number of hydrogen-bond acceptors (Lipinski definition) is 2. The van der Waals surface area contributed by atoms with Gasteiger partial charge in [0.1, 0.15) is 11.6 Å². The van der Waals surface area contributed by atoms with Crippen LogP contribution in [0.25, 0.3) is 16.7 Å². The summed E-state index contributed by atoms with van der Waals surface area (Å²) in [6, 6.07) is 6.02. The average Bonchev–Trinajstić information content (AvgIpc) is 2.70. The largest absolute Gasteiger partial charge is 0.369 e. The minimum atomic E-state index is -0.361. The summed E-state index contributed by atoms with van der Waals surface area (Å²) < 4.78 is 29.8. The van der Waals surface area contributed by atoms with Crippen LogP contribution in [0.1, 0.15) is 5.56 Å². The predicted octanol–water partition coefficient (Wildman–Crippen LogP) is 4.56. The molecule has 0 spiro atoms. The summed E-state index contributed by atoms with van der Waals surface area (Å²) in [6.45, 7) is 1.76. The van der Waals surface area contributed by atoms with Crippen molar-refractivity contribution >= 4 is 55.5 Å². The van der Waals surface area contributed by atoms with Crippen molar-refractivity contribution in [1.82, 2.24) is 9.55 Å². The second-order valence-corrected chi connectivity index (χ2v) is 6.63. The predicted molar refractivity (Wildman–Crippen MR) is 90.6 cm³/mol.